The lowest BCUT2D eigenvalue weighted by molar-refractivity contribution is -0.117. The van der Waals surface area contributed by atoms with Crippen LogP contribution in [-0.2, 0) is 14.8 Å². The number of hydrogen-bond acceptors (Lipinski definition) is 9. The predicted octanol–water partition coefficient (Wildman–Crippen LogP) is 3.79. The number of ether oxygens (including phenoxy) is 2. The van der Waals surface area contributed by atoms with Gasteiger partial charge in [0.2, 0.25) is 5.91 Å². The second-order valence-corrected chi connectivity index (χ2v) is 10.1. The van der Waals surface area contributed by atoms with E-state index in [4.69, 9.17) is 14.6 Å². The summed E-state index contributed by atoms with van der Waals surface area (Å²) in [6, 6.07) is 16.5. The largest absolute Gasteiger partial charge is 0.497 e. The summed E-state index contributed by atoms with van der Waals surface area (Å²) in [6.45, 7) is 1.36. The summed E-state index contributed by atoms with van der Waals surface area (Å²) in [5.74, 6) is 0.393. The number of carbonyl (C=O) groups is 2. The standard InChI is InChI=1S/C26H26N6O7S/c1-15(27-26(34)35)25(33)29-16-7-6-8-20(13-16)40(36,37)32-24-23(30-21-9-4-5-10-22(21)31-24)28-17-11-18(38-2)14-19(12-17)39-3/h4-15,27H,1-3H3,(H,28,30)(H,29,33)(H,31,32)(H,34,35). The molecule has 1 heterocycles. The molecule has 0 saturated carbocycles. The number of sulfonamides is 1. The number of aromatic nitrogens is 2. The fraction of sp³-hybridized carbons (Fsp3) is 0.154. The number of para-hydroxylation sites is 2. The van der Waals surface area contributed by atoms with Crippen molar-refractivity contribution in [1.82, 2.24) is 15.3 Å². The fourth-order valence-electron chi connectivity index (χ4n) is 3.60. The van der Waals surface area contributed by atoms with Gasteiger partial charge in [0.05, 0.1) is 30.1 Å². The van der Waals surface area contributed by atoms with Crippen LogP contribution >= 0.6 is 0 Å². The number of carbonyl (C=O) groups excluding carboxylic acids is 1. The van der Waals surface area contributed by atoms with Gasteiger partial charge in [-0.1, -0.05) is 18.2 Å². The molecule has 4 aromatic rings. The summed E-state index contributed by atoms with van der Waals surface area (Å²) in [5, 5.41) is 16.4. The topological polar surface area (TPSA) is 181 Å². The Bertz CT molecular complexity index is 1660. The smallest absolute Gasteiger partial charge is 0.405 e. The molecule has 4 rings (SSSR count). The molecule has 0 fully saturated rings. The van der Waals surface area contributed by atoms with Gasteiger partial charge in [0.25, 0.3) is 10.0 Å². The number of rotatable bonds is 10. The average molecular weight is 567 g/mol. The fourth-order valence-corrected chi connectivity index (χ4v) is 4.66. The third-order valence-corrected chi connectivity index (χ3v) is 6.90. The second-order valence-electron chi connectivity index (χ2n) is 8.43. The van der Waals surface area contributed by atoms with Crippen LogP contribution in [0.4, 0.5) is 27.8 Å². The first-order valence-electron chi connectivity index (χ1n) is 11.8. The Kier molecular flexibility index (Phi) is 8.19. The van der Waals surface area contributed by atoms with E-state index in [0.717, 1.165) is 0 Å². The van der Waals surface area contributed by atoms with E-state index in [1.165, 1.54) is 45.4 Å². The zero-order valence-electron chi connectivity index (χ0n) is 21.6. The van der Waals surface area contributed by atoms with Crippen molar-refractivity contribution >= 4 is 56.1 Å². The molecule has 2 amide bonds. The number of methoxy groups -OCH3 is 2. The SMILES string of the molecule is COc1cc(Nc2nc3ccccc3nc2NS(=O)(=O)c2cccc(NC(=O)C(C)NC(=O)O)c2)cc(OC)c1. The second kappa shape index (κ2) is 11.7. The summed E-state index contributed by atoms with van der Waals surface area (Å²) < 4.78 is 39.9. The Morgan fingerprint density at radius 2 is 1.48 bits per heavy atom. The minimum absolute atomic E-state index is 0.0748. The Labute approximate surface area is 229 Å². The van der Waals surface area contributed by atoms with Crippen LogP contribution in [0, 0.1) is 0 Å². The van der Waals surface area contributed by atoms with Crippen molar-refractivity contribution in [2.24, 2.45) is 0 Å². The lowest BCUT2D eigenvalue weighted by Gasteiger charge is -2.16. The summed E-state index contributed by atoms with van der Waals surface area (Å²) in [6.07, 6.45) is -1.36. The third-order valence-electron chi connectivity index (χ3n) is 5.56. The van der Waals surface area contributed by atoms with Gasteiger partial charge in [0, 0.05) is 29.6 Å². The van der Waals surface area contributed by atoms with Gasteiger partial charge < -0.3 is 30.5 Å². The molecule has 0 aliphatic rings. The summed E-state index contributed by atoms with van der Waals surface area (Å²) in [4.78, 5) is 32.0. The molecule has 13 nitrogen and oxygen atoms in total. The van der Waals surface area contributed by atoms with Crippen LogP contribution < -0.4 is 30.1 Å². The number of anilines is 4. The van der Waals surface area contributed by atoms with E-state index in [9.17, 15) is 18.0 Å². The maximum atomic E-state index is 13.4. The molecule has 0 bridgehead atoms. The minimum Gasteiger partial charge on any atom is -0.497 e. The lowest BCUT2D eigenvalue weighted by atomic mass is 10.2. The van der Waals surface area contributed by atoms with E-state index in [-0.39, 0.29) is 22.2 Å². The molecular formula is C26H26N6O7S. The number of hydrogen-bond donors (Lipinski definition) is 5. The molecule has 0 aliphatic heterocycles. The van der Waals surface area contributed by atoms with Crippen molar-refractivity contribution in [1.29, 1.82) is 0 Å². The van der Waals surface area contributed by atoms with Gasteiger partial charge in [-0.3, -0.25) is 9.52 Å². The molecule has 40 heavy (non-hydrogen) atoms. The first-order valence-corrected chi connectivity index (χ1v) is 13.3. The molecule has 0 spiro atoms. The highest BCUT2D eigenvalue weighted by atomic mass is 32.2. The minimum atomic E-state index is -4.22. The molecule has 0 radical (unpaired) electrons. The van der Waals surface area contributed by atoms with Crippen LogP contribution in [0.15, 0.2) is 71.6 Å². The van der Waals surface area contributed by atoms with Crippen LogP contribution in [0.3, 0.4) is 0 Å². The summed E-state index contributed by atoms with van der Waals surface area (Å²) in [5.41, 5.74) is 1.64. The number of fused-ring (bicyclic) bond motifs is 1. The van der Waals surface area contributed by atoms with E-state index >= 15 is 0 Å². The molecule has 1 unspecified atom stereocenters. The highest BCUT2D eigenvalue weighted by Gasteiger charge is 2.21. The van der Waals surface area contributed by atoms with Crippen LogP contribution in [0.25, 0.3) is 11.0 Å². The highest BCUT2D eigenvalue weighted by Crippen LogP contribution is 2.31. The van der Waals surface area contributed by atoms with Crippen LogP contribution in [0.2, 0.25) is 0 Å². The maximum absolute atomic E-state index is 13.4. The predicted molar refractivity (Wildman–Crippen MR) is 149 cm³/mol. The van der Waals surface area contributed by atoms with E-state index in [1.54, 1.807) is 42.5 Å². The van der Waals surface area contributed by atoms with Crippen LogP contribution in [0.1, 0.15) is 6.92 Å². The Morgan fingerprint density at radius 1 is 0.850 bits per heavy atom. The lowest BCUT2D eigenvalue weighted by Crippen LogP contribution is -2.40. The Morgan fingerprint density at radius 3 is 2.08 bits per heavy atom. The average Bonchev–Trinajstić information content (AvgIpc) is 2.92. The quantitative estimate of drug-likeness (QED) is 0.189. The molecule has 5 N–H and O–H groups in total. The van der Waals surface area contributed by atoms with E-state index in [2.05, 4.69) is 25.3 Å². The van der Waals surface area contributed by atoms with Gasteiger partial charge in [0.1, 0.15) is 17.5 Å². The number of benzene rings is 3. The van der Waals surface area contributed by atoms with Crippen molar-refractivity contribution < 1.29 is 32.6 Å². The molecule has 1 atom stereocenters. The number of nitrogens with one attached hydrogen (secondary N) is 4. The molecular weight excluding hydrogens is 540 g/mol. The summed E-state index contributed by atoms with van der Waals surface area (Å²) >= 11 is 0. The van der Waals surface area contributed by atoms with Gasteiger partial charge >= 0.3 is 6.09 Å². The first kappa shape index (κ1) is 27.9. The van der Waals surface area contributed by atoms with Gasteiger partial charge in [-0.05, 0) is 37.3 Å². The van der Waals surface area contributed by atoms with Crippen molar-refractivity contribution in [3.8, 4) is 11.5 Å². The van der Waals surface area contributed by atoms with Gasteiger partial charge in [-0.2, -0.15) is 0 Å². The number of amides is 2. The van der Waals surface area contributed by atoms with Crippen LogP contribution in [-0.4, -0.2) is 55.8 Å². The normalized spacial score (nSPS) is 11.8. The third kappa shape index (κ3) is 6.66. The first-order chi connectivity index (χ1) is 19.1. The zero-order chi connectivity index (χ0) is 28.9. The van der Waals surface area contributed by atoms with E-state index in [0.29, 0.717) is 28.2 Å². The number of carboxylic acid groups (broad SMARTS) is 1. The maximum Gasteiger partial charge on any atom is 0.405 e. The van der Waals surface area contributed by atoms with Gasteiger partial charge in [-0.15, -0.1) is 0 Å². The molecule has 0 aliphatic carbocycles. The van der Waals surface area contributed by atoms with E-state index < -0.39 is 28.1 Å². The molecule has 0 saturated heterocycles. The molecule has 1 aromatic heterocycles. The van der Waals surface area contributed by atoms with Crippen LogP contribution in [0.5, 0.6) is 11.5 Å². The number of nitrogens with zero attached hydrogens (tertiary/aromatic N) is 2. The van der Waals surface area contributed by atoms with Crippen molar-refractivity contribution in [3.05, 3.63) is 66.7 Å². The van der Waals surface area contributed by atoms with E-state index in [1.807, 2.05) is 5.32 Å². The van der Waals surface area contributed by atoms with Crippen molar-refractivity contribution in [2.45, 2.75) is 17.9 Å². The van der Waals surface area contributed by atoms with Gasteiger partial charge in [0.15, 0.2) is 11.6 Å². The molecule has 208 valence electrons. The monoisotopic (exact) mass is 566 g/mol. The van der Waals surface area contributed by atoms with Crippen molar-refractivity contribution in [2.75, 3.05) is 29.6 Å². The summed E-state index contributed by atoms with van der Waals surface area (Å²) in [7, 11) is -1.21. The Hall–Kier alpha value is -5.11. The molecule has 3 aromatic carbocycles. The van der Waals surface area contributed by atoms with Gasteiger partial charge in [-0.25, -0.2) is 23.2 Å². The van der Waals surface area contributed by atoms with Crippen molar-refractivity contribution in [3.63, 3.8) is 0 Å². The zero-order valence-corrected chi connectivity index (χ0v) is 22.4. The highest BCUT2D eigenvalue weighted by molar-refractivity contribution is 7.92. The molecule has 14 heteroatoms. The Balaban J connectivity index is 1.67.